The highest BCUT2D eigenvalue weighted by molar-refractivity contribution is 9.10. The van der Waals surface area contributed by atoms with Gasteiger partial charge in [0.1, 0.15) is 11.4 Å². The molecule has 8 heteroatoms. The second kappa shape index (κ2) is 5.28. The zero-order chi connectivity index (χ0) is 15.9. The van der Waals surface area contributed by atoms with E-state index in [4.69, 9.17) is 4.42 Å². The number of halogens is 5. The molecular formula is C14H7BrF4N2O. The van der Waals surface area contributed by atoms with Crippen molar-refractivity contribution in [3.8, 4) is 17.1 Å². The molecule has 22 heavy (non-hydrogen) atoms. The fourth-order valence-corrected chi connectivity index (χ4v) is 2.31. The number of aromatic nitrogens is 2. The van der Waals surface area contributed by atoms with Crippen LogP contribution in [0.4, 0.5) is 17.6 Å². The molecule has 0 aliphatic rings. The minimum atomic E-state index is -4.64. The van der Waals surface area contributed by atoms with Crippen LogP contribution >= 0.6 is 15.9 Å². The van der Waals surface area contributed by atoms with E-state index in [1.165, 1.54) is 36.6 Å². The molecule has 0 aliphatic carbocycles. The van der Waals surface area contributed by atoms with E-state index < -0.39 is 17.7 Å². The zero-order valence-corrected chi connectivity index (χ0v) is 12.3. The first-order valence-electron chi connectivity index (χ1n) is 6.03. The van der Waals surface area contributed by atoms with E-state index in [2.05, 4.69) is 21.0 Å². The first-order valence-corrected chi connectivity index (χ1v) is 6.83. The summed E-state index contributed by atoms with van der Waals surface area (Å²) < 4.78 is 59.0. The molecule has 2 aromatic heterocycles. The van der Waals surface area contributed by atoms with Gasteiger partial charge in [0.05, 0.1) is 10.7 Å². The molecule has 3 rings (SSSR count). The number of hydrogen-bond acceptors (Lipinski definition) is 2. The molecule has 1 aromatic carbocycles. The highest BCUT2D eigenvalue weighted by atomic mass is 79.9. The number of benzene rings is 1. The summed E-state index contributed by atoms with van der Waals surface area (Å²) in [6.07, 6.45) is -3.33. The van der Waals surface area contributed by atoms with Gasteiger partial charge in [0.15, 0.2) is 17.3 Å². The predicted octanol–water partition coefficient (Wildman–Crippen LogP) is 5.05. The number of hydrogen-bond donors (Lipinski definition) is 0. The molecule has 0 saturated heterocycles. The molecule has 0 amide bonds. The summed E-state index contributed by atoms with van der Waals surface area (Å²) in [6.45, 7) is 0. The van der Waals surface area contributed by atoms with E-state index in [9.17, 15) is 17.6 Å². The maximum Gasteiger partial charge on any atom is 0.435 e. The summed E-state index contributed by atoms with van der Waals surface area (Å²) in [6, 6.07) is 8.10. The molecule has 0 spiro atoms. The third-order valence-corrected chi connectivity index (χ3v) is 3.55. The molecule has 114 valence electrons. The van der Waals surface area contributed by atoms with Gasteiger partial charge in [0, 0.05) is 6.07 Å². The van der Waals surface area contributed by atoms with Crippen molar-refractivity contribution in [1.29, 1.82) is 0 Å². The molecule has 0 radical (unpaired) electrons. The van der Waals surface area contributed by atoms with Gasteiger partial charge in [-0.3, -0.25) is 0 Å². The first-order chi connectivity index (χ1) is 10.4. The molecular weight excluding hydrogens is 368 g/mol. The third kappa shape index (κ3) is 2.54. The third-order valence-electron chi connectivity index (χ3n) is 2.93. The van der Waals surface area contributed by atoms with Crippen LogP contribution in [0.2, 0.25) is 0 Å². The fraction of sp³-hybridized carbons (Fsp3) is 0.0714. The van der Waals surface area contributed by atoms with Gasteiger partial charge in [0.2, 0.25) is 0 Å². The number of rotatable bonds is 2. The van der Waals surface area contributed by atoms with Crippen molar-refractivity contribution in [3.63, 3.8) is 0 Å². The smallest absolute Gasteiger partial charge is 0.435 e. The van der Waals surface area contributed by atoms with Crippen LogP contribution in [0.5, 0.6) is 0 Å². The standard InChI is InChI=1S/C14H7BrF4N2O/c15-8-3-1-4-9(13(8)16)21-10(11-5-2-6-22-11)7-12(20-21)14(17,18)19/h1-7H. The normalized spacial score (nSPS) is 11.9. The van der Waals surface area contributed by atoms with Crippen LogP contribution in [0.25, 0.3) is 17.1 Å². The van der Waals surface area contributed by atoms with Crippen molar-refractivity contribution in [2.45, 2.75) is 6.18 Å². The molecule has 0 atom stereocenters. The lowest BCUT2D eigenvalue weighted by atomic mass is 10.2. The number of furan rings is 1. The largest absolute Gasteiger partial charge is 0.463 e. The van der Waals surface area contributed by atoms with Gasteiger partial charge >= 0.3 is 6.18 Å². The van der Waals surface area contributed by atoms with Crippen molar-refractivity contribution in [1.82, 2.24) is 9.78 Å². The average Bonchev–Trinajstić information content (AvgIpc) is 3.08. The lowest BCUT2D eigenvalue weighted by molar-refractivity contribution is -0.141. The van der Waals surface area contributed by atoms with Gasteiger partial charge in [-0.05, 0) is 40.2 Å². The second-order valence-corrected chi connectivity index (χ2v) is 5.23. The van der Waals surface area contributed by atoms with E-state index in [1.807, 2.05) is 0 Å². The highest BCUT2D eigenvalue weighted by Crippen LogP contribution is 2.34. The van der Waals surface area contributed by atoms with Crippen molar-refractivity contribution < 1.29 is 22.0 Å². The van der Waals surface area contributed by atoms with Crippen LogP contribution in [-0.2, 0) is 6.18 Å². The molecule has 0 fully saturated rings. The van der Waals surface area contributed by atoms with E-state index in [0.29, 0.717) is 0 Å². The van der Waals surface area contributed by atoms with Gasteiger partial charge in [-0.1, -0.05) is 6.07 Å². The van der Waals surface area contributed by atoms with Crippen LogP contribution in [0, 0.1) is 5.82 Å². The monoisotopic (exact) mass is 374 g/mol. The highest BCUT2D eigenvalue weighted by Gasteiger charge is 2.36. The average molecular weight is 375 g/mol. The van der Waals surface area contributed by atoms with Crippen LogP contribution in [-0.4, -0.2) is 9.78 Å². The molecule has 2 heterocycles. The summed E-state index contributed by atoms with van der Waals surface area (Å²) >= 11 is 3.00. The van der Waals surface area contributed by atoms with Crippen LogP contribution < -0.4 is 0 Å². The molecule has 0 bridgehead atoms. The Labute approximate surface area is 130 Å². The number of nitrogens with zero attached hydrogens (tertiary/aromatic N) is 2. The topological polar surface area (TPSA) is 31.0 Å². The van der Waals surface area contributed by atoms with Gasteiger partial charge in [-0.25, -0.2) is 9.07 Å². The van der Waals surface area contributed by atoms with Crippen molar-refractivity contribution in [2.24, 2.45) is 0 Å². The van der Waals surface area contributed by atoms with Crippen LogP contribution in [0.1, 0.15) is 5.69 Å². The minimum Gasteiger partial charge on any atom is -0.463 e. The maximum absolute atomic E-state index is 14.2. The quantitative estimate of drug-likeness (QED) is 0.587. The molecule has 0 saturated carbocycles. The van der Waals surface area contributed by atoms with Crippen LogP contribution in [0.3, 0.4) is 0 Å². The Morgan fingerprint density at radius 3 is 2.55 bits per heavy atom. The predicted molar refractivity (Wildman–Crippen MR) is 73.9 cm³/mol. The van der Waals surface area contributed by atoms with E-state index in [-0.39, 0.29) is 21.6 Å². The second-order valence-electron chi connectivity index (χ2n) is 4.37. The maximum atomic E-state index is 14.2. The van der Waals surface area contributed by atoms with E-state index in [0.717, 1.165) is 10.7 Å². The van der Waals surface area contributed by atoms with Crippen molar-refractivity contribution in [3.05, 3.63) is 58.6 Å². The van der Waals surface area contributed by atoms with Crippen molar-refractivity contribution >= 4 is 15.9 Å². The minimum absolute atomic E-state index is 0.00863. The van der Waals surface area contributed by atoms with E-state index >= 15 is 0 Å². The lowest BCUT2D eigenvalue weighted by Gasteiger charge is -2.08. The number of alkyl halides is 3. The van der Waals surface area contributed by atoms with Gasteiger partial charge in [-0.2, -0.15) is 18.3 Å². The SMILES string of the molecule is Fc1c(Br)cccc1-n1nc(C(F)(F)F)cc1-c1ccco1. The van der Waals surface area contributed by atoms with Gasteiger partial charge in [-0.15, -0.1) is 0 Å². The molecule has 0 aliphatic heterocycles. The summed E-state index contributed by atoms with van der Waals surface area (Å²) in [4.78, 5) is 0. The molecule has 3 nitrogen and oxygen atoms in total. The Morgan fingerprint density at radius 2 is 1.91 bits per heavy atom. The Balaban J connectivity index is 2.26. The summed E-state index contributed by atoms with van der Waals surface area (Å²) in [5, 5.41) is 3.48. The molecule has 0 unspecified atom stereocenters. The Hall–Kier alpha value is -2.09. The summed E-state index contributed by atoms with van der Waals surface area (Å²) in [5.41, 5.74) is -1.23. The molecule has 0 N–H and O–H groups in total. The first kappa shape index (κ1) is 14.8. The summed E-state index contributed by atoms with van der Waals surface area (Å²) in [7, 11) is 0. The van der Waals surface area contributed by atoms with E-state index in [1.54, 1.807) is 0 Å². The Bertz CT molecular complexity index is 809. The Morgan fingerprint density at radius 1 is 1.14 bits per heavy atom. The van der Waals surface area contributed by atoms with Gasteiger partial charge < -0.3 is 4.42 Å². The van der Waals surface area contributed by atoms with Crippen molar-refractivity contribution in [2.75, 3.05) is 0 Å². The summed E-state index contributed by atoms with van der Waals surface area (Å²) in [5.74, 6) is -0.561. The Kier molecular flexibility index (Phi) is 3.56. The zero-order valence-electron chi connectivity index (χ0n) is 10.7. The molecule has 3 aromatic rings. The lowest BCUT2D eigenvalue weighted by Crippen LogP contribution is -2.08. The van der Waals surface area contributed by atoms with Gasteiger partial charge in [0.25, 0.3) is 0 Å². The fourth-order valence-electron chi connectivity index (χ4n) is 1.96. The van der Waals surface area contributed by atoms with Crippen LogP contribution in [0.15, 0.2) is 51.6 Å².